The fraction of sp³-hybridized carbons (Fsp3) is 0.500. The van der Waals surface area contributed by atoms with Crippen LogP contribution < -0.4 is 0 Å². The fourth-order valence-corrected chi connectivity index (χ4v) is 5.95. The average molecular weight is 323 g/mol. The maximum absolute atomic E-state index is 12.4. The number of nitrogens with zero attached hydrogens (tertiary/aromatic N) is 1. The highest BCUT2D eigenvalue weighted by atomic mass is 32.2. The molecule has 0 saturated carbocycles. The molecule has 0 radical (unpaired) electrons. The number of carboxylic acids is 1. The van der Waals surface area contributed by atoms with Crippen molar-refractivity contribution in [3.63, 3.8) is 0 Å². The zero-order chi connectivity index (χ0) is 14.2. The topological polar surface area (TPSA) is 91.8 Å². The molecule has 0 bridgehead atoms. The predicted octanol–water partition coefficient (Wildman–Crippen LogP) is 0.508. The van der Waals surface area contributed by atoms with Gasteiger partial charge in [-0.25, -0.2) is 13.2 Å². The van der Waals surface area contributed by atoms with Crippen LogP contribution in [0.2, 0.25) is 0 Å². The van der Waals surface area contributed by atoms with Crippen LogP contribution in [0.25, 0.3) is 0 Å². The van der Waals surface area contributed by atoms with Crippen molar-refractivity contribution in [2.45, 2.75) is 11.8 Å². The van der Waals surface area contributed by atoms with Crippen molar-refractivity contribution in [1.82, 2.24) is 4.31 Å². The number of aromatic carboxylic acids is 1. The molecule has 6 nitrogen and oxygen atoms in total. The summed E-state index contributed by atoms with van der Waals surface area (Å²) in [6.45, 7) is 2.02. The number of thiophene rings is 1. The van der Waals surface area contributed by atoms with Gasteiger partial charge in [0.1, 0.15) is 4.88 Å². The number of carbonyl (C=O) groups is 1. The smallest absolute Gasteiger partial charge is 0.345 e. The average Bonchev–Trinajstić information content (AvgIpc) is 2.73. The van der Waals surface area contributed by atoms with Gasteiger partial charge in [-0.3, -0.25) is 4.21 Å². The number of aryl methyl sites for hydroxylation is 1. The molecule has 9 heteroatoms. The lowest BCUT2D eigenvalue weighted by Crippen LogP contribution is -2.41. The SMILES string of the molecule is Cc1sc(C(=O)O)cc1S(=O)(=O)N1CCS(=O)CC1. The largest absolute Gasteiger partial charge is 0.477 e. The monoisotopic (exact) mass is 323 g/mol. The van der Waals surface area contributed by atoms with Crippen molar-refractivity contribution in [2.24, 2.45) is 0 Å². The van der Waals surface area contributed by atoms with E-state index in [9.17, 15) is 17.4 Å². The summed E-state index contributed by atoms with van der Waals surface area (Å²) in [7, 11) is -4.64. The third-order valence-corrected chi connectivity index (χ3v) is 7.31. The van der Waals surface area contributed by atoms with E-state index in [-0.39, 0.29) is 22.9 Å². The van der Waals surface area contributed by atoms with Crippen LogP contribution >= 0.6 is 11.3 Å². The first-order chi connectivity index (χ1) is 8.82. The molecule has 1 fully saturated rings. The quantitative estimate of drug-likeness (QED) is 0.875. The minimum Gasteiger partial charge on any atom is -0.477 e. The summed E-state index contributed by atoms with van der Waals surface area (Å²) in [6, 6.07) is 1.20. The molecule has 2 heterocycles. The van der Waals surface area contributed by atoms with Crippen LogP contribution in [0.15, 0.2) is 11.0 Å². The Morgan fingerprint density at radius 2 is 2.00 bits per heavy atom. The van der Waals surface area contributed by atoms with Crippen LogP contribution in [-0.4, -0.2) is 52.6 Å². The molecule has 0 atom stereocenters. The molecule has 106 valence electrons. The second kappa shape index (κ2) is 5.31. The van der Waals surface area contributed by atoms with Gasteiger partial charge in [-0.1, -0.05) is 0 Å². The number of hydrogen-bond donors (Lipinski definition) is 1. The molecular weight excluding hydrogens is 310 g/mol. The van der Waals surface area contributed by atoms with Crippen LogP contribution in [-0.2, 0) is 20.8 Å². The molecular formula is C10H13NO5S3. The molecule has 1 aromatic heterocycles. The third-order valence-electron chi connectivity index (χ3n) is 2.84. The van der Waals surface area contributed by atoms with Gasteiger partial charge in [0.25, 0.3) is 0 Å². The van der Waals surface area contributed by atoms with Gasteiger partial charge in [-0.2, -0.15) is 4.31 Å². The molecule has 1 saturated heterocycles. The highest BCUT2D eigenvalue weighted by Gasteiger charge is 2.31. The molecule has 0 spiro atoms. The Bertz CT molecular complexity index is 624. The lowest BCUT2D eigenvalue weighted by atomic mass is 10.4. The van der Waals surface area contributed by atoms with Crippen molar-refractivity contribution >= 4 is 38.1 Å². The van der Waals surface area contributed by atoms with E-state index in [2.05, 4.69) is 0 Å². The van der Waals surface area contributed by atoms with E-state index < -0.39 is 26.8 Å². The Morgan fingerprint density at radius 1 is 1.42 bits per heavy atom. The molecule has 1 N–H and O–H groups in total. The molecule has 19 heavy (non-hydrogen) atoms. The maximum Gasteiger partial charge on any atom is 0.345 e. The molecule has 2 rings (SSSR count). The van der Waals surface area contributed by atoms with Crippen LogP contribution in [0.1, 0.15) is 14.5 Å². The van der Waals surface area contributed by atoms with Crippen molar-refractivity contribution in [3.05, 3.63) is 15.8 Å². The van der Waals surface area contributed by atoms with Crippen LogP contribution in [0.5, 0.6) is 0 Å². The van der Waals surface area contributed by atoms with Crippen LogP contribution in [0.4, 0.5) is 0 Å². The summed E-state index contributed by atoms with van der Waals surface area (Å²) in [6.07, 6.45) is 0. The first kappa shape index (κ1) is 14.6. The van der Waals surface area contributed by atoms with E-state index in [0.717, 1.165) is 11.3 Å². The van der Waals surface area contributed by atoms with Crippen molar-refractivity contribution in [1.29, 1.82) is 0 Å². The highest BCUT2D eigenvalue weighted by molar-refractivity contribution is 7.89. The zero-order valence-electron chi connectivity index (χ0n) is 10.2. The summed E-state index contributed by atoms with van der Waals surface area (Å²) < 4.78 is 37.3. The van der Waals surface area contributed by atoms with Gasteiger partial charge in [0.15, 0.2) is 0 Å². The minimum atomic E-state index is -3.68. The Morgan fingerprint density at radius 3 is 2.47 bits per heavy atom. The minimum absolute atomic E-state index is 0.0108. The van der Waals surface area contributed by atoms with Gasteiger partial charge >= 0.3 is 5.97 Å². The number of rotatable bonds is 3. The summed E-state index contributed by atoms with van der Waals surface area (Å²) in [5, 5.41) is 8.90. The van der Waals surface area contributed by atoms with E-state index in [0.29, 0.717) is 16.4 Å². The summed E-state index contributed by atoms with van der Waals surface area (Å²) in [4.78, 5) is 11.4. The van der Waals surface area contributed by atoms with Crippen molar-refractivity contribution in [2.75, 3.05) is 24.6 Å². The van der Waals surface area contributed by atoms with Crippen molar-refractivity contribution < 1.29 is 22.5 Å². The van der Waals surface area contributed by atoms with Gasteiger partial charge in [0.2, 0.25) is 10.0 Å². The number of carboxylic acid groups (broad SMARTS) is 1. The zero-order valence-corrected chi connectivity index (χ0v) is 12.6. The van der Waals surface area contributed by atoms with E-state index >= 15 is 0 Å². The molecule has 1 aromatic rings. The molecule has 0 amide bonds. The lowest BCUT2D eigenvalue weighted by Gasteiger charge is -2.25. The second-order valence-electron chi connectivity index (χ2n) is 4.09. The fourth-order valence-electron chi connectivity index (χ4n) is 1.83. The van der Waals surface area contributed by atoms with Gasteiger partial charge in [0, 0.05) is 40.3 Å². The van der Waals surface area contributed by atoms with Gasteiger partial charge in [-0.15, -0.1) is 11.3 Å². The van der Waals surface area contributed by atoms with Crippen molar-refractivity contribution in [3.8, 4) is 0 Å². The van der Waals surface area contributed by atoms with Gasteiger partial charge < -0.3 is 5.11 Å². The van der Waals surface area contributed by atoms with E-state index in [1.165, 1.54) is 10.4 Å². The van der Waals surface area contributed by atoms with Crippen LogP contribution in [0.3, 0.4) is 0 Å². The number of sulfonamides is 1. The predicted molar refractivity (Wildman–Crippen MR) is 72.7 cm³/mol. The first-order valence-corrected chi connectivity index (χ1v) is 9.25. The third kappa shape index (κ3) is 2.88. The molecule has 1 aliphatic rings. The number of hydrogen-bond acceptors (Lipinski definition) is 5. The Labute approximate surface area is 117 Å². The summed E-state index contributed by atoms with van der Waals surface area (Å²) >= 11 is 0.949. The molecule has 0 aromatic carbocycles. The molecule has 0 aliphatic carbocycles. The standard InChI is InChI=1S/C10H13NO5S3/c1-7-9(6-8(17-7)10(12)13)19(15,16)11-2-4-18(14)5-3-11/h6H,2-5H2,1H3,(H,12,13). The second-order valence-corrected chi connectivity index (χ2v) is 8.95. The summed E-state index contributed by atoms with van der Waals surface area (Å²) in [5.41, 5.74) is 0. The van der Waals surface area contributed by atoms with Gasteiger partial charge in [-0.05, 0) is 13.0 Å². The molecule has 1 aliphatic heterocycles. The maximum atomic E-state index is 12.4. The molecule has 0 unspecified atom stereocenters. The van der Waals surface area contributed by atoms with Gasteiger partial charge in [0.05, 0.1) is 4.90 Å². The first-order valence-electron chi connectivity index (χ1n) is 5.51. The Kier molecular flexibility index (Phi) is 4.09. The Hall–Kier alpha value is -0.770. The highest BCUT2D eigenvalue weighted by Crippen LogP contribution is 2.28. The summed E-state index contributed by atoms with van der Waals surface area (Å²) in [5.74, 6) is -0.475. The Balaban J connectivity index is 2.34. The van der Waals surface area contributed by atoms with Crippen LogP contribution in [0, 0.1) is 6.92 Å². The van der Waals surface area contributed by atoms with E-state index in [1.54, 1.807) is 6.92 Å². The van der Waals surface area contributed by atoms with E-state index in [4.69, 9.17) is 5.11 Å². The normalized spacial score (nSPS) is 18.6. The van der Waals surface area contributed by atoms with E-state index in [1.807, 2.05) is 0 Å². The lowest BCUT2D eigenvalue weighted by molar-refractivity contribution is 0.0702.